The molecular formula is C21H24FN5O3. The van der Waals surface area contributed by atoms with Gasteiger partial charge in [-0.25, -0.2) is 19.2 Å². The molecule has 2 heterocycles. The predicted octanol–water partition coefficient (Wildman–Crippen LogP) is 2.36. The van der Waals surface area contributed by atoms with Gasteiger partial charge in [0.15, 0.2) is 0 Å². The first-order valence-corrected chi connectivity index (χ1v) is 10.1. The molecule has 0 atom stereocenters. The lowest BCUT2D eigenvalue weighted by Crippen LogP contribution is -2.45. The van der Waals surface area contributed by atoms with Crippen LogP contribution in [0.5, 0.6) is 6.01 Å². The van der Waals surface area contributed by atoms with Crippen molar-refractivity contribution in [2.75, 3.05) is 24.5 Å². The quantitative estimate of drug-likeness (QED) is 0.786. The standard InChI is InChI=1S/C21H24FN5O3/c22-15-2-6-17(7-3-15)27-13-12-26(21(27)29)14-19(28)25-16-4-8-18(9-5-16)30-20-23-10-1-11-24-20/h1-3,6-7,10-11,16,18H,4-5,8-9,12-14H2,(H,25,28). The first-order chi connectivity index (χ1) is 14.6. The van der Waals surface area contributed by atoms with E-state index in [2.05, 4.69) is 15.3 Å². The van der Waals surface area contributed by atoms with Crippen LogP contribution in [0.2, 0.25) is 0 Å². The molecule has 1 saturated carbocycles. The van der Waals surface area contributed by atoms with Crippen molar-refractivity contribution in [3.8, 4) is 6.01 Å². The van der Waals surface area contributed by atoms with Gasteiger partial charge >= 0.3 is 12.0 Å². The van der Waals surface area contributed by atoms with E-state index < -0.39 is 0 Å². The summed E-state index contributed by atoms with van der Waals surface area (Å²) in [6.45, 7) is 0.952. The molecule has 1 saturated heterocycles. The fraction of sp³-hybridized carbons (Fsp3) is 0.429. The first kappa shape index (κ1) is 20.1. The fourth-order valence-electron chi connectivity index (χ4n) is 3.86. The van der Waals surface area contributed by atoms with Gasteiger partial charge in [0, 0.05) is 37.2 Å². The third-order valence-electron chi connectivity index (χ3n) is 5.42. The Morgan fingerprint density at radius 1 is 1.10 bits per heavy atom. The Morgan fingerprint density at radius 3 is 2.50 bits per heavy atom. The second kappa shape index (κ2) is 9.06. The summed E-state index contributed by atoms with van der Waals surface area (Å²) in [5, 5.41) is 3.03. The maximum atomic E-state index is 13.1. The molecule has 1 aliphatic carbocycles. The number of hydrogen-bond donors (Lipinski definition) is 1. The van der Waals surface area contributed by atoms with Crippen LogP contribution in [-0.4, -0.2) is 58.6 Å². The zero-order valence-corrected chi connectivity index (χ0v) is 16.5. The van der Waals surface area contributed by atoms with E-state index in [1.54, 1.807) is 35.5 Å². The first-order valence-electron chi connectivity index (χ1n) is 10.1. The highest BCUT2D eigenvalue weighted by atomic mass is 19.1. The zero-order valence-electron chi connectivity index (χ0n) is 16.5. The topological polar surface area (TPSA) is 87.7 Å². The number of benzene rings is 1. The van der Waals surface area contributed by atoms with E-state index in [1.165, 1.54) is 17.0 Å². The van der Waals surface area contributed by atoms with Gasteiger partial charge in [0.2, 0.25) is 5.91 Å². The molecule has 0 bridgehead atoms. The Morgan fingerprint density at radius 2 is 1.80 bits per heavy atom. The van der Waals surface area contributed by atoms with Crippen molar-refractivity contribution in [2.45, 2.75) is 37.8 Å². The number of rotatable bonds is 6. The summed E-state index contributed by atoms with van der Waals surface area (Å²) in [6, 6.07) is 7.72. The number of amides is 3. The molecule has 1 N–H and O–H groups in total. The van der Waals surface area contributed by atoms with Crippen molar-refractivity contribution in [2.24, 2.45) is 0 Å². The zero-order chi connectivity index (χ0) is 20.9. The highest BCUT2D eigenvalue weighted by Gasteiger charge is 2.32. The molecule has 1 aromatic heterocycles. The van der Waals surface area contributed by atoms with Gasteiger partial charge < -0.3 is 15.0 Å². The molecule has 158 valence electrons. The Labute approximate surface area is 174 Å². The molecular weight excluding hydrogens is 389 g/mol. The number of anilines is 1. The van der Waals surface area contributed by atoms with E-state index in [9.17, 15) is 14.0 Å². The van der Waals surface area contributed by atoms with E-state index in [4.69, 9.17) is 4.74 Å². The number of aromatic nitrogens is 2. The third-order valence-corrected chi connectivity index (χ3v) is 5.42. The summed E-state index contributed by atoms with van der Waals surface area (Å²) in [6.07, 6.45) is 6.56. The molecule has 0 unspecified atom stereocenters. The van der Waals surface area contributed by atoms with Crippen LogP contribution in [0.15, 0.2) is 42.7 Å². The second-order valence-corrected chi connectivity index (χ2v) is 7.52. The van der Waals surface area contributed by atoms with Crippen molar-refractivity contribution in [1.82, 2.24) is 20.2 Å². The number of ether oxygens (including phenoxy) is 1. The Kier molecular flexibility index (Phi) is 6.06. The van der Waals surface area contributed by atoms with Crippen molar-refractivity contribution in [3.05, 3.63) is 48.5 Å². The van der Waals surface area contributed by atoms with Gasteiger partial charge in [0.25, 0.3) is 0 Å². The van der Waals surface area contributed by atoms with Crippen molar-refractivity contribution in [1.29, 1.82) is 0 Å². The van der Waals surface area contributed by atoms with Crippen molar-refractivity contribution in [3.63, 3.8) is 0 Å². The van der Waals surface area contributed by atoms with Gasteiger partial charge in [-0.3, -0.25) is 9.69 Å². The minimum Gasteiger partial charge on any atom is -0.460 e. The van der Waals surface area contributed by atoms with E-state index in [0.717, 1.165) is 25.7 Å². The maximum Gasteiger partial charge on any atom is 0.325 e. The second-order valence-electron chi connectivity index (χ2n) is 7.52. The number of nitrogens with zero attached hydrogens (tertiary/aromatic N) is 4. The Balaban J connectivity index is 1.22. The SMILES string of the molecule is O=C(CN1CCN(c2ccc(F)cc2)C1=O)NC1CCC(Oc2ncccn2)CC1. The van der Waals surface area contributed by atoms with Gasteiger partial charge in [0.05, 0.1) is 0 Å². The molecule has 1 aliphatic heterocycles. The van der Waals surface area contributed by atoms with Crippen LogP contribution in [0.4, 0.5) is 14.9 Å². The maximum absolute atomic E-state index is 13.1. The number of nitrogens with one attached hydrogen (secondary N) is 1. The lowest BCUT2D eigenvalue weighted by Gasteiger charge is -2.29. The van der Waals surface area contributed by atoms with Gasteiger partial charge in [-0.2, -0.15) is 0 Å². The van der Waals surface area contributed by atoms with Gasteiger partial charge in [-0.05, 0) is 56.0 Å². The molecule has 0 radical (unpaired) electrons. The van der Waals surface area contributed by atoms with E-state index in [0.29, 0.717) is 24.8 Å². The molecule has 3 amide bonds. The average molecular weight is 413 g/mol. The van der Waals surface area contributed by atoms with Gasteiger partial charge in [-0.15, -0.1) is 0 Å². The molecule has 8 nitrogen and oxygen atoms in total. The summed E-state index contributed by atoms with van der Waals surface area (Å²) in [5.41, 5.74) is 0.630. The van der Waals surface area contributed by atoms with Gasteiger partial charge in [0.1, 0.15) is 18.5 Å². The molecule has 30 heavy (non-hydrogen) atoms. The number of carbonyl (C=O) groups is 2. The van der Waals surface area contributed by atoms with Crippen LogP contribution < -0.4 is 15.0 Å². The number of halogens is 1. The summed E-state index contributed by atoms with van der Waals surface area (Å²) in [4.78, 5) is 36.3. The highest BCUT2D eigenvalue weighted by molar-refractivity contribution is 5.96. The molecule has 2 aromatic rings. The van der Waals surface area contributed by atoms with Crippen molar-refractivity contribution < 1.29 is 18.7 Å². The normalized spacial score (nSPS) is 21.6. The van der Waals surface area contributed by atoms with Crippen molar-refractivity contribution >= 4 is 17.6 Å². The van der Waals surface area contributed by atoms with Crippen LogP contribution in [0, 0.1) is 5.82 Å². The van der Waals surface area contributed by atoms with E-state index >= 15 is 0 Å². The highest BCUT2D eigenvalue weighted by Crippen LogP contribution is 2.23. The molecule has 9 heteroatoms. The van der Waals surface area contributed by atoms with Crippen LogP contribution in [0.3, 0.4) is 0 Å². The third kappa shape index (κ3) is 4.84. The summed E-state index contributed by atoms with van der Waals surface area (Å²) in [7, 11) is 0. The lowest BCUT2D eigenvalue weighted by atomic mass is 9.93. The summed E-state index contributed by atoms with van der Waals surface area (Å²) >= 11 is 0. The predicted molar refractivity (Wildman–Crippen MR) is 108 cm³/mol. The van der Waals surface area contributed by atoms with E-state index in [-0.39, 0.29) is 36.4 Å². The lowest BCUT2D eigenvalue weighted by molar-refractivity contribution is -0.122. The summed E-state index contributed by atoms with van der Waals surface area (Å²) < 4.78 is 18.9. The largest absolute Gasteiger partial charge is 0.460 e. The van der Waals surface area contributed by atoms with Crippen LogP contribution in [0.25, 0.3) is 0 Å². The number of urea groups is 1. The number of carbonyl (C=O) groups excluding carboxylic acids is 2. The fourth-order valence-corrected chi connectivity index (χ4v) is 3.86. The van der Waals surface area contributed by atoms with Crippen LogP contribution >= 0.6 is 0 Å². The van der Waals surface area contributed by atoms with E-state index in [1.807, 2.05) is 0 Å². The molecule has 4 rings (SSSR count). The smallest absolute Gasteiger partial charge is 0.325 e. The minimum absolute atomic E-state index is 0.0187. The molecule has 2 aliphatic rings. The average Bonchev–Trinajstić information content (AvgIpc) is 3.11. The number of hydrogen-bond acceptors (Lipinski definition) is 5. The molecule has 1 aromatic carbocycles. The van der Waals surface area contributed by atoms with Crippen LogP contribution in [-0.2, 0) is 4.79 Å². The Bertz CT molecular complexity index is 872. The molecule has 2 fully saturated rings. The Hall–Kier alpha value is -3.23. The molecule has 0 spiro atoms. The monoisotopic (exact) mass is 413 g/mol. The van der Waals surface area contributed by atoms with Gasteiger partial charge in [-0.1, -0.05) is 0 Å². The minimum atomic E-state index is -0.349. The van der Waals surface area contributed by atoms with Crippen LogP contribution in [0.1, 0.15) is 25.7 Å². The summed E-state index contributed by atoms with van der Waals surface area (Å²) in [5.74, 6) is -0.516.